The van der Waals surface area contributed by atoms with E-state index in [4.69, 9.17) is 22.2 Å². The predicted molar refractivity (Wildman–Crippen MR) is 72.0 cm³/mol. The van der Waals surface area contributed by atoms with Crippen LogP contribution in [0.25, 0.3) is 0 Å². The first-order valence-corrected chi connectivity index (χ1v) is 6.23. The summed E-state index contributed by atoms with van der Waals surface area (Å²) in [6.07, 6.45) is 1.42. The van der Waals surface area contributed by atoms with Crippen LogP contribution >= 0.6 is 23.4 Å². The van der Waals surface area contributed by atoms with Crippen LogP contribution in [-0.4, -0.2) is 17.1 Å². The van der Waals surface area contributed by atoms with Crippen molar-refractivity contribution >= 4 is 29.2 Å². The van der Waals surface area contributed by atoms with Crippen LogP contribution < -0.4 is 16.0 Å². The van der Waals surface area contributed by atoms with Crippen molar-refractivity contribution in [3.8, 4) is 5.75 Å². The third kappa shape index (κ3) is 2.84. The SMILES string of the molecule is COc1c(NN)ncnc1Sc1cccc(Cl)c1. The molecule has 0 aliphatic rings. The van der Waals surface area contributed by atoms with Crippen LogP contribution in [0.1, 0.15) is 0 Å². The summed E-state index contributed by atoms with van der Waals surface area (Å²) < 4.78 is 5.25. The molecule has 0 amide bonds. The molecule has 3 N–H and O–H groups in total. The zero-order valence-electron chi connectivity index (χ0n) is 9.55. The number of rotatable bonds is 4. The average molecular weight is 283 g/mol. The second-order valence-electron chi connectivity index (χ2n) is 3.26. The smallest absolute Gasteiger partial charge is 0.195 e. The largest absolute Gasteiger partial charge is 0.490 e. The molecule has 7 heteroatoms. The highest BCUT2D eigenvalue weighted by Crippen LogP contribution is 2.36. The lowest BCUT2D eigenvalue weighted by atomic mass is 10.4. The summed E-state index contributed by atoms with van der Waals surface area (Å²) in [6.45, 7) is 0. The summed E-state index contributed by atoms with van der Waals surface area (Å²) in [7, 11) is 1.54. The van der Waals surface area contributed by atoms with E-state index in [0.717, 1.165) is 4.90 Å². The molecule has 0 saturated heterocycles. The van der Waals surface area contributed by atoms with Gasteiger partial charge in [0.25, 0.3) is 0 Å². The first kappa shape index (κ1) is 12.9. The van der Waals surface area contributed by atoms with Crippen molar-refractivity contribution in [2.24, 2.45) is 5.84 Å². The fourth-order valence-corrected chi connectivity index (χ4v) is 2.54. The van der Waals surface area contributed by atoms with E-state index in [1.807, 2.05) is 24.3 Å². The molecular weight excluding hydrogens is 272 g/mol. The predicted octanol–water partition coefficient (Wildman–Crippen LogP) is 2.58. The van der Waals surface area contributed by atoms with Crippen LogP contribution in [0.4, 0.5) is 5.82 Å². The van der Waals surface area contributed by atoms with Gasteiger partial charge in [-0.3, -0.25) is 0 Å². The van der Waals surface area contributed by atoms with E-state index in [0.29, 0.717) is 21.6 Å². The monoisotopic (exact) mass is 282 g/mol. The molecule has 1 aromatic carbocycles. The number of ether oxygens (including phenoxy) is 1. The molecular formula is C11H11ClN4OS. The molecule has 18 heavy (non-hydrogen) atoms. The Morgan fingerprint density at radius 1 is 1.39 bits per heavy atom. The molecule has 2 rings (SSSR count). The minimum Gasteiger partial charge on any atom is -0.490 e. The molecule has 94 valence electrons. The molecule has 0 radical (unpaired) electrons. The highest BCUT2D eigenvalue weighted by Gasteiger charge is 2.12. The highest BCUT2D eigenvalue weighted by molar-refractivity contribution is 7.99. The lowest BCUT2D eigenvalue weighted by molar-refractivity contribution is 0.400. The van der Waals surface area contributed by atoms with E-state index in [2.05, 4.69) is 15.4 Å². The van der Waals surface area contributed by atoms with E-state index in [1.165, 1.54) is 18.1 Å². The maximum absolute atomic E-state index is 5.93. The number of hydrogen-bond donors (Lipinski definition) is 2. The van der Waals surface area contributed by atoms with Gasteiger partial charge in [0, 0.05) is 9.92 Å². The summed E-state index contributed by atoms with van der Waals surface area (Å²) in [5.74, 6) is 6.31. The number of aromatic nitrogens is 2. The summed E-state index contributed by atoms with van der Waals surface area (Å²) in [5, 5.41) is 1.34. The van der Waals surface area contributed by atoms with Crippen molar-refractivity contribution in [3.63, 3.8) is 0 Å². The Kier molecular flexibility index (Phi) is 4.24. The average Bonchev–Trinajstić information content (AvgIpc) is 2.38. The molecule has 0 atom stereocenters. The molecule has 5 nitrogen and oxygen atoms in total. The van der Waals surface area contributed by atoms with E-state index in [1.54, 1.807) is 7.11 Å². The fourth-order valence-electron chi connectivity index (χ4n) is 1.36. The van der Waals surface area contributed by atoms with Crippen molar-refractivity contribution in [2.45, 2.75) is 9.92 Å². The first-order valence-electron chi connectivity index (χ1n) is 5.03. The quantitative estimate of drug-likeness (QED) is 0.510. The number of nitrogen functional groups attached to an aromatic ring is 1. The van der Waals surface area contributed by atoms with Crippen LogP contribution in [-0.2, 0) is 0 Å². The van der Waals surface area contributed by atoms with Crippen molar-refractivity contribution in [1.29, 1.82) is 0 Å². The zero-order chi connectivity index (χ0) is 13.0. The summed E-state index contributed by atoms with van der Waals surface area (Å²) in [4.78, 5) is 9.11. The number of nitrogens with one attached hydrogen (secondary N) is 1. The van der Waals surface area contributed by atoms with Gasteiger partial charge < -0.3 is 10.2 Å². The molecule has 0 bridgehead atoms. The third-order valence-corrected chi connectivity index (χ3v) is 3.33. The molecule has 0 unspecified atom stereocenters. The maximum atomic E-state index is 5.93. The molecule has 0 saturated carbocycles. The number of hydrazine groups is 1. The summed E-state index contributed by atoms with van der Waals surface area (Å²) in [5.41, 5.74) is 2.47. The van der Waals surface area contributed by atoms with E-state index in [9.17, 15) is 0 Å². The Morgan fingerprint density at radius 3 is 2.89 bits per heavy atom. The van der Waals surface area contributed by atoms with Crippen molar-refractivity contribution in [1.82, 2.24) is 9.97 Å². The normalized spacial score (nSPS) is 10.2. The summed E-state index contributed by atoms with van der Waals surface area (Å²) >= 11 is 7.36. The Hall–Kier alpha value is -1.50. The Morgan fingerprint density at radius 2 is 2.22 bits per heavy atom. The van der Waals surface area contributed by atoms with Crippen LogP contribution in [0.15, 0.2) is 40.5 Å². The molecule has 1 aromatic heterocycles. The number of methoxy groups -OCH3 is 1. The van der Waals surface area contributed by atoms with Gasteiger partial charge in [0.05, 0.1) is 7.11 Å². The van der Waals surface area contributed by atoms with Crippen molar-refractivity contribution in [2.75, 3.05) is 12.5 Å². The maximum Gasteiger partial charge on any atom is 0.195 e. The molecule has 0 aliphatic heterocycles. The second kappa shape index (κ2) is 5.90. The summed E-state index contributed by atoms with van der Waals surface area (Å²) in [6, 6.07) is 7.48. The van der Waals surface area contributed by atoms with Gasteiger partial charge in [0.15, 0.2) is 11.6 Å². The lowest BCUT2D eigenvalue weighted by Crippen LogP contribution is -2.10. The van der Waals surface area contributed by atoms with Crippen LogP contribution in [0.3, 0.4) is 0 Å². The molecule has 0 aliphatic carbocycles. The molecule has 0 spiro atoms. The minimum absolute atomic E-state index is 0.442. The Labute approximate surface area is 114 Å². The van der Waals surface area contributed by atoms with Crippen molar-refractivity contribution in [3.05, 3.63) is 35.6 Å². The minimum atomic E-state index is 0.442. The first-order chi connectivity index (χ1) is 8.74. The molecule has 0 fully saturated rings. The fraction of sp³-hybridized carbons (Fsp3) is 0.0909. The van der Waals surface area contributed by atoms with Crippen molar-refractivity contribution < 1.29 is 4.74 Å². The van der Waals surface area contributed by atoms with Gasteiger partial charge in [-0.2, -0.15) is 0 Å². The Bertz CT molecular complexity index is 552. The topological polar surface area (TPSA) is 73.1 Å². The van der Waals surface area contributed by atoms with E-state index < -0.39 is 0 Å². The number of benzene rings is 1. The van der Waals surface area contributed by atoms with Gasteiger partial charge in [0.1, 0.15) is 11.4 Å². The van der Waals surface area contributed by atoms with Crippen LogP contribution in [0.5, 0.6) is 5.75 Å². The molecule has 1 heterocycles. The lowest BCUT2D eigenvalue weighted by Gasteiger charge is -2.10. The van der Waals surface area contributed by atoms with Gasteiger partial charge >= 0.3 is 0 Å². The zero-order valence-corrected chi connectivity index (χ0v) is 11.1. The van der Waals surface area contributed by atoms with Gasteiger partial charge in [-0.05, 0) is 18.2 Å². The standard InChI is InChI=1S/C11H11ClN4OS/c1-17-9-10(16-13)14-6-15-11(9)18-8-4-2-3-7(12)5-8/h2-6H,13H2,1H3,(H,14,15,16). The van der Waals surface area contributed by atoms with Crippen LogP contribution in [0, 0.1) is 0 Å². The number of anilines is 1. The van der Waals surface area contributed by atoms with Gasteiger partial charge in [-0.1, -0.05) is 29.4 Å². The number of nitrogens with zero attached hydrogens (tertiary/aromatic N) is 2. The third-order valence-electron chi connectivity index (χ3n) is 2.12. The Balaban J connectivity index is 2.34. The number of halogens is 1. The van der Waals surface area contributed by atoms with Gasteiger partial charge in [-0.15, -0.1) is 0 Å². The van der Waals surface area contributed by atoms with Gasteiger partial charge in [0.2, 0.25) is 0 Å². The molecule has 2 aromatic rings. The number of nitrogens with two attached hydrogens (primary N) is 1. The van der Waals surface area contributed by atoms with E-state index in [-0.39, 0.29) is 0 Å². The van der Waals surface area contributed by atoms with E-state index >= 15 is 0 Å². The second-order valence-corrected chi connectivity index (χ2v) is 4.76. The van der Waals surface area contributed by atoms with Gasteiger partial charge in [-0.25, -0.2) is 15.8 Å². The highest BCUT2D eigenvalue weighted by atomic mass is 35.5. The van der Waals surface area contributed by atoms with Crippen LogP contribution in [0.2, 0.25) is 5.02 Å². The number of hydrogen-bond acceptors (Lipinski definition) is 6.